The van der Waals surface area contributed by atoms with Crippen LogP contribution in [-0.2, 0) is 20.9 Å². The molecule has 2 aromatic rings. The van der Waals surface area contributed by atoms with Gasteiger partial charge in [0.2, 0.25) is 11.8 Å². The number of nitrogens with one attached hydrogen (secondary N) is 2. The van der Waals surface area contributed by atoms with Crippen molar-refractivity contribution in [2.45, 2.75) is 98.0 Å². The highest BCUT2D eigenvalue weighted by atomic mass is 32.2. The van der Waals surface area contributed by atoms with Crippen LogP contribution in [0.3, 0.4) is 0 Å². The lowest BCUT2D eigenvalue weighted by atomic mass is 9.95. The largest absolute Gasteiger partial charge is 0.507 e. The van der Waals surface area contributed by atoms with Crippen molar-refractivity contribution in [3.05, 3.63) is 65.2 Å². The first-order chi connectivity index (χ1) is 19.7. The molecule has 0 aliphatic heterocycles. The molecule has 0 fully saturated rings. The third-order valence-electron chi connectivity index (χ3n) is 6.89. The molecule has 0 saturated heterocycles. The summed E-state index contributed by atoms with van der Waals surface area (Å²) in [5.41, 5.74) is 1.11. The summed E-state index contributed by atoms with van der Waals surface area (Å²) in [5, 5.41) is 16.9. The first-order valence-corrected chi connectivity index (χ1v) is 16.0. The maximum Gasteiger partial charge on any atom is 0.408 e. The van der Waals surface area contributed by atoms with Gasteiger partial charge in [-0.05, 0) is 82.9 Å². The number of phenols is 1. The van der Waals surface area contributed by atoms with E-state index < -0.39 is 35.6 Å². The van der Waals surface area contributed by atoms with Crippen molar-refractivity contribution < 1.29 is 24.2 Å². The van der Waals surface area contributed by atoms with Crippen LogP contribution in [0.2, 0.25) is 0 Å². The lowest BCUT2D eigenvalue weighted by Gasteiger charge is -2.39. The summed E-state index contributed by atoms with van der Waals surface area (Å²) < 4.78 is 5.49. The summed E-state index contributed by atoms with van der Waals surface area (Å²) in [6, 6.07) is 12.3. The molecule has 42 heavy (non-hydrogen) atoms. The number of aryl methyl sites for hydroxylation is 1. The Morgan fingerprint density at radius 1 is 0.976 bits per heavy atom. The average Bonchev–Trinajstić information content (AvgIpc) is 2.92. The fourth-order valence-electron chi connectivity index (χ4n) is 4.64. The Balaban J connectivity index is 2.60. The Morgan fingerprint density at radius 3 is 2.24 bits per heavy atom. The lowest BCUT2D eigenvalue weighted by molar-refractivity contribution is -0.145. The second-order valence-corrected chi connectivity index (χ2v) is 13.2. The summed E-state index contributed by atoms with van der Waals surface area (Å²) in [5.74, 6) is 0.152. The number of carbonyl (C=O) groups is 3. The minimum atomic E-state index is -1.12. The van der Waals surface area contributed by atoms with Crippen LogP contribution >= 0.6 is 11.8 Å². The number of nitrogens with zero attached hydrogens (tertiary/aromatic N) is 1. The summed E-state index contributed by atoms with van der Waals surface area (Å²) in [7, 11) is 0. The van der Waals surface area contributed by atoms with Crippen LogP contribution in [0.1, 0.15) is 83.5 Å². The standard InChI is InChI=1S/C33H49N3O5S/c1-22(2)17-18-24(4)36(31(39)27(19-20-42-8)35-32(40)41-33(5,6)7)28(26-16-12-13-23(3)29(26)37)30(38)34-21-25-14-10-9-11-15-25/h9-16,22,24,27-28,37H,17-21H2,1-8H3,(H,34,38)(H,35,40). The molecule has 0 saturated carbocycles. The Kier molecular flexibility index (Phi) is 13.7. The number of benzene rings is 2. The minimum absolute atomic E-state index is 0.0352. The van der Waals surface area contributed by atoms with Crippen molar-refractivity contribution in [1.29, 1.82) is 0 Å². The van der Waals surface area contributed by atoms with Gasteiger partial charge in [-0.15, -0.1) is 0 Å². The number of para-hydroxylation sites is 1. The van der Waals surface area contributed by atoms with Gasteiger partial charge in [-0.1, -0.05) is 62.4 Å². The summed E-state index contributed by atoms with van der Waals surface area (Å²) >= 11 is 1.56. The van der Waals surface area contributed by atoms with Crippen molar-refractivity contribution in [1.82, 2.24) is 15.5 Å². The predicted octanol–water partition coefficient (Wildman–Crippen LogP) is 6.36. The van der Waals surface area contributed by atoms with Crippen molar-refractivity contribution >= 4 is 29.7 Å². The molecule has 3 unspecified atom stereocenters. The molecule has 2 rings (SSSR count). The molecule has 0 heterocycles. The van der Waals surface area contributed by atoms with Crippen molar-refractivity contribution in [3.8, 4) is 5.75 Å². The van der Waals surface area contributed by atoms with Crippen LogP contribution in [0.4, 0.5) is 4.79 Å². The first-order valence-electron chi connectivity index (χ1n) is 14.7. The van der Waals surface area contributed by atoms with Gasteiger partial charge >= 0.3 is 6.09 Å². The fourth-order valence-corrected chi connectivity index (χ4v) is 5.11. The van der Waals surface area contributed by atoms with E-state index in [4.69, 9.17) is 4.74 Å². The van der Waals surface area contributed by atoms with Crippen molar-refractivity contribution in [3.63, 3.8) is 0 Å². The van der Waals surface area contributed by atoms with Crippen LogP contribution in [0.25, 0.3) is 0 Å². The van der Waals surface area contributed by atoms with E-state index in [1.807, 2.05) is 43.5 Å². The molecule has 0 bridgehead atoms. The SMILES string of the molecule is CSCCC(NC(=O)OC(C)(C)C)C(=O)N(C(C)CCC(C)C)C(C(=O)NCc1ccccc1)c1cccc(C)c1O. The molecule has 0 aliphatic rings. The highest BCUT2D eigenvalue weighted by Crippen LogP contribution is 2.34. The van der Waals surface area contributed by atoms with Gasteiger partial charge < -0.3 is 25.4 Å². The van der Waals surface area contributed by atoms with Gasteiger partial charge in [0, 0.05) is 18.2 Å². The van der Waals surface area contributed by atoms with Gasteiger partial charge in [-0.3, -0.25) is 9.59 Å². The number of alkyl carbamates (subject to hydrolysis) is 1. The van der Waals surface area contributed by atoms with Crippen LogP contribution in [0, 0.1) is 12.8 Å². The second kappa shape index (κ2) is 16.4. The molecule has 9 heteroatoms. The van der Waals surface area contributed by atoms with Gasteiger partial charge in [0.15, 0.2) is 0 Å². The van der Waals surface area contributed by atoms with Gasteiger partial charge in [0.05, 0.1) is 0 Å². The molecule has 2 aromatic carbocycles. The van der Waals surface area contributed by atoms with E-state index in [1.165, 1.54) is 0 Å². The first kappa shape index (κ1) is 35.0. The molecule has 0 aliphatic carbocycles. The molecule has 3 N–H and O–H groups in total. The molecule has 232 valence electrons. The summed E-state index contributed by atoms with van der Waals surface area (Å²) in [6.45, 7) is 13.5. The van der Waals surface area contributed by atoms with Gasteiger partial charge in [-0.25, -0.2) is 4.79 Å². The highest BCUT2D eigenvalue weighted by Gasteiger charge is 2.40. The maximum absolute atomic E-state index is 14.5. The third-order valence-corrected chi connectivity index (χ3v) is 7.53. The van der Waals surface area contributed by atoms with Gasteiger partial charge in [-0.2, -0.15) is 11.8 Å². The van der Waals surface area contributed by atoms with E-state index in [-0.39, 0.29) is 18.3 Å². The number of ether oxygens (including phenoxy) is 1. The topological polar surface area (TPSA) is 108 Å². The van der Waals surface area contributed by atoms with E-state index in [1.54, 1.807) is 62.6 Å². The fraction of sp³-hybridized carbons (Fsp3) is 0.545. The number of rotatable bonds is 14. The Morgan fingerprint density at radius 2 is 1.64 bits per heavy atom. The number of phenolic OH excluding ortho intramolecular Hbond substituents is 1. The Labute approximate surface area is 256 Å². The van der Waals surface area contributed by atoms with Crippen LogP contribution in [-0.4, -0.2) is 57.6 Å². The molecule has 8 nitrogen and oxygen atoms in total. The van der Waals surface area contributed by atoms with Gasteiger partial charge in [0.25, 0.3) is 0 Å². The summed E-state index contributed by atoms with van der Waals surface area (Å²) in [4.78, 5) is 43.0. The second-order valence-electron chi connectivity index (χ2n) is 12.2. The highest BCUT2D eigenvalue weighted by molar-refractivity contribution is 7.98. The molecule has 3 atom stereocenters. The zero-order valence-electron chi connectivity index (χ0n) is 26.4. The van der Waals surface area contributed by atoms with E-state index in [0.717, 1.165) is 12.0 Å². The number of hydrogen-bond acceptors (Lipinski definition) is 6. The predicted molar refractivity (Wildman–Crippen MR) is 170 cm³/mol. The van der Waals surface area contributed by atoms with E-state index >= 15 is 0 Å². The Bertz CT molecular complexity index is 1170. The van der Waals surface area contributed by atoms with Crippen molar-refractivity contribution in [2.75, 3.05) is 12.0 Å². The Hall–Kier alpha value is -3.20. The number of thioether (sulfide) groups is 1. The number of aromatic hydroxyl groups is 1. The number of amides is 3. The van der Waals surface area contributed by atoms with E-state index in [9.17, 15) is 19.5 Å². The maximum atomic E-state index is 14.5. The number of hydrogen-bond donors (Lipinski definition) is 3. The van der Waals surface area contributed by atoms with Crippen molar-refractivity contribution in [2.24, 2.45) is 5.92 Å². The number of carbonyl (C=O) groups excluding carboxylic acids is 3. The van der Waals surface area contributed by atoms with Crippen LogP contribution in [0.15, 0.2) is 48.5 Å². The van der Waals surface area contributed by atoms with Crippen LogP contribution < -0.4 is 10.6 Å². The van der Waals surface area contributed by atoms with E-state index in [2.05, 4.69) is 24.5 Å². The quantitative estimate of drug-likeness (QED) is 0.233. The molecular weight excluding hydrogens is 550 g/mol. The normalized spacial score (nSPS) is 13.6. The molecule has 0 spiro atoms. The minimum Gasteiger partial charge on any atom is -0.507 e. The lowest BCUT2D eigenvalue weighted by Crippen LogP contribution is -2.55. The zero-order chi connectivity index (χ0) is 31.4. The zero-order valence-corrected chi connectivity index (χ0v) is 27.2. The third kappa shape index (κ3) is 10.9. The summed E-state index contributed by atoms with van der Waals surface area (Å²) in [6.07, 6.45) is 3.06. The monoisotopic (exact) mass is 599 g/mol. The van der Waals surface area contributed by atoms with Gasteiger partial charge in [0.1, 0.15) is 23.4 Å². The molecule has 0 aromatic heterocycles. The average molecular weight is 600 g/mol. The molecule has 0 radical (unpaired) electrons. The molecule has 3 amide bonds. The van der Waals surface area contributed by atoms with E-state index in [0.29, 0.717) is 35.6 Å². The molecular formula is C33H49N3O5S. The van der Waals surface area contributed by atoms with Crippen LogP contribution in [0.5, 0.6) is 5.75 Å². The smallest absolute Gasteiger partial charge is 0.408 e.